The van der Waals surface area contributed by atoms with Gasteiger partial charge in [-0.25, -0.2) is 0 Å². The molecule has 1 amide bonds. The molecular formula is C20H38N2O4. The summed E-state index contributed by atoms with van der Waals surface area (Å²) in [5.74, 6) is -0.947. The van der Waals surface area contributed by atoms with E-state index in [1.807, 2.05) is 6.92 Å². The molecule has 0 aromatic rings. The molecule has 0 spiro atoms. The Morgan fingerprint density at radius 3 is 1.54 bits per heavy atom. The first-order valence-corrected chi connectivity index (χ1v) is 10.3. The van der Waals surface area contributed by atoms with Crippen molar-refractivity contribution in [1.82, 2.24) is 5.32 Å². The molecule has 6 heteroatoms. The highest BCUT2D eigenvalue weighted by Crippen LogP contribution is 2.13. The van der Waals surface area contributed by atoms with Crippen LogP contribution in [-0.4, -0.2) is 30.9 Å². The molecule has 0 radical (unpaired) electrons. The molecule has 0 bridgehead atoms. The van der Waals surface area contributed by atoms with Crippen molar-refractivity contribution < 1.29 is 19.1 Å². The molecule has 0 aliphatic rings. The number of hydrogen-bond acceptors (Lipinski definition) is 5. The third-order valence-electron chi connectivity index (χ3n) is 4.30. The first-order valence-electron chi connectivity index (χ1n) is 10.3. The molecule has 0 saturated carbocycles. The molecule has 0 rings (SSSR count). The van der Waals surface area contributed by atoms with Gasteiger partial charge in [0.2, 0.25) is 5.91 Å². The summed E-state index contributed by atoms with van der Waals surface area (Å²) in [5, 5.41) is 2.82. The Kier molecular flexibility index (Phi) is 17.4. The zero-order valence-electron chi connectivity index (χ0n) is 16.5. The van der Waals surface area contributed by atoms with E-state index < -0.39 is 11.9 Å². The Balaban J connectivity index is 3.19. The minimum Gasteiger partial charge on any atom is -0.392 e. The van der Waals surface area contributed by atoms with Crippen molar-refractivity contribution in [1.29, 1.82) is 0 Å². The highest BCUT2D eigenvalue weighted by Gasteiger charge is 2.07. The zero-order chi connectivity index (χ0) is 19.5. The van der Waals surface area contributed by atoms with E-state index in [2.05, 4.69) is 10.1 Å². The van der Waals surface area contributed by atoms with Gasteiger partial charge in [0.25, 0.3) is 0 Å². The highest BCUT2D eigenvalue weighted by molar-refractivity contribution is 5.86. The largest absolute Gasteiger partial charge is 0.392 e. The Morgan fingerprint density at radius 1 is 0.692 bits per heavy atom. The third kappa shape index (κ3) is 17.4. The summed E-state index contributed by atoms with van der Waals surface area (Å²) in [5.41, 5.74) is 5.07. The van der Waals surface area contributed by atoms with Crippen molar-refractivity contribution in [3.8, 4) is 0 Å². The maximum atomic E-state index is 11.3. The van der Waals surface area contributed by atoms with Gasteiger partial charge in [0, 0.05) is 19.4 Å². The molecule has 152 valence electrons. The Labute approximate surface area is 158 Å². The van der Waals surface area contributed by atoms with Gasteiger partial charge in [0.15, 0.2) is 0 Å². The Bertz CT molecular complexity index is 386. The average Bonchev–Trinajstić information content (AvgIpc) is 2.62. The highest BCUT2D eigenvalue weighted by atomic mass is 16.6. The molecule has 0 saturated heterocycles. The molecule has 6 nitrogen and oxygen atoms in total. The fourth-order valence-corrected chi connectivity index (χ4v) is 2.83. The van der Waals surface area contributed by atoms with E-state index in [-0.39, 0.29) is 12.5 Å². The number of nitrogens with two attached hydrogens (primary N) is 1. The molecule has 0 fully saturated rings. The van der Waals surface area contributed by atoms with E-state index in [1.165, 1.54) is 44.9 Å². The summed E-state index contributed by atoms with van der Waals surface area (Å²) in [4.78, 5) is 33.4. The summed E-state index contributed by atoms with van der Waals surface area (Å²) >= 11 is 0. The van der Waals surface area contributed by atoms with Crippen molar-refractivity contribution in [3.63, 3.8) is 0 Å². The lowest BCUT2D eigenvalue weighted by Gasteiger charge is -2.04. The number of nitrogens with one attached hydrogen (secondary N) is 1. The lowest BCUT2D eigenvalue weighted by Crippen LogP contribution is -2.21. The minimum absolute atomic E-state index is 0.174. The second-order valence-corrected chi connectivity index (χ2v) is 6.75. The lowest BCUT2D eigenvalue weighted by molar-refractivity contribution is -0.158. The number of amides is 1. The number of carbonyl (C=O) groups excluding carboxylic acids is 3. The molecular weight excluding hydrogens is 332 g/mol. The zero-order valence-corrected chi connectivity index (χ0v) is 16.5. The van der Waals surface area contributed by atoms with E-state index in [1.54, 1.807) is 0 Å². The average molecular weight is 371 g/mol. The van der Waals surface area contributed by atoms with Crippen LogP contribution in [0.15, 0.2) is 0 Å². The van der Waals surface area contributed by atoms with Gasteiger partial charge in [-0.05, 0) is 19.8 Å². The molecule has 0 unspecified atom stereocenters. The molecule has 0 atom stereocenters. The van der Waals surface area contributed by atoms with Crippen LogP contribution in [0, 0.1) is 0 Å². The quantitative estimate of drug-likeness (QED) is 0.231. The van der Waals surface area contributed by atoms with Crippen LogP contribution < -0.4 is 11.1 Å². The molecule has 0 aliphatic carbocycles. The van der Waals surface area contributed by atoms with Crippen molar-refractivity contribution >= 4 is 17.8 Å². The Morgan fingerprint density at radius 2 is 1.12 bits per heavy atom. The molecule has 3 N–H and O–H groups in total. The van der Waals surface area contributed by atoms with Crippen LogP contribution in [0.5, 0.6) is 0 Å². The summed E-state index contributed by atoms with van der Waals surface area (Å²) in [6.45, 7) is 2.42. The van der Waals surface area contributed by atoms with Gasteiger partial charge < -0.3 is 15.8 Å². The maximum absolute atomic E-state index is 11.3. The summed E-state index contributed by atoms with van der Waals surface area (Å²) in [6, 6.07) is 0. The Hall–Kier alpha value is -1.43. The van der Waals surface area contributed by atoms with Crippen LogP contribution in [0.1, 0.15) is 96.8 Å². The molecule has 0 aliphatic heterocycles. The van der Waals surface area contributed by atoms with Crippen LogP contribution in [0.2, 0.25) is 0 Å². The number of carbonyl (C=O) groups is 3. The molecule has 0 aromatic carbocycles. The van der Waals surface area contributed by atoms with Gasteiger partial charge in [-0.3, -0.25) is 14.4 Å². The van der Waals surface area contributed by atoms with Gasteiger partial charge in [-0.15, -0.1) is 0 Å². The van der Waals surface area contributed by atoms with Crippen LogP contribution in [0.4, 0.5) is 0 Å². The number of ether oxygens (including phenoxy) is 1. The van der Waals surface area contributed by atoms with Crippen LogP contribution in [-0.2, 0) is 19.1 Å². The normalized spacial score (nSPS) is 10.5. The van der Waals surface area contributed by atoms with Crippen LogP contribution in [0.25, 0.3) is 0 Å². The van der Waals surface area contributed by atoms with Crippen molar-refractivity contribution in [3.05, 3.63) is 0 Å². The van der Waals surface area contributed by atoms with Crippen molar-refractivity contribution in [2.24, 2.45) is 5.73 Å². The third-order valence-corrected chi connectivity index (χ3v) is 4.30. The van der Waals surface area contributed by atoms with Crippen LogP contribution in [0.3, 0.4) is 0 Å². The standard InChI is InChI=1S/C20H38N2O4/c1-2-22-18(23)15-13-11-9-7-5-3-4-6-8-10-12-14-16-19(24)26-20(25)17-21/h2-17,21H2,1H3,(H,22,23). The summed E-state index contributed by atoms with van der Waals surface area (Å²) in [6.07, 6.45) is 14.8. The molecule has 0 heterocycles. The number of unbranched alkanes of at least 4 members (excludes halogenated alkanes) is 11. The number of hydrogen-bond donors (Lipinski definition) is 2. The summed E-state index contributed by atoms with van der Waals surface area (Å²) in [7, 11) is 0. The molecule has 26 heavy (non-hydrogen) atoms. The number of rotatable bonds is 17. The fourth-order valence-electron chi connectivity index (χ4n) is 2.83. The first-order chi connectivity index (χ1) is 12.6. The lowest BCUT2D eigenvalue weighted by atomic mass is 10.0. The number of esters is 2. The van der Waals surface area contributed by atoms with E-state index in [0.717, 1.165) is 38.6 Å². The van der Waals surface area contributed by atoms with Crippen molar-refractivity contribution in [2.45, 2.75) is 96.8 Å². The van der Waals surface area contributed by atoms with Gasteiger partial charge >= 0.3 is 11.9 Å². The van der Waals surface area contributed by atoms with E-state index >= 15 is 0 Å². The smallest absolute Gasteiger partial charge is 0.327 e. The topological polar surface area (TPSA) is 98.5 Å². The second kappa shape index (κ2) is 18.4. The monoisotopic (exact) mass is 370 g/mol. The SMILES string of the molecule is CCNC(=O)CCCCCCCCCCCCCCC(=O)OC(=O)CN. The van der Waals surface area contributed by atoms with Gasteiger partial charge in [-0.2, -0.15) is 0 Å². The van der Waals surface area contributed by atoms with Gasteiger partial charge in [-0.1, -0.05) is 64.2 Å². The second-order valence-electron chi connectivity index (χ2n) is 6.75. The predicted molar refractivity (Wildman–Crippen MR) is 103 cm³/mol. The first kappa shape index (κ1) is 24.6. The van der Waals surface area contributed by atoms with E-state index in [9.17, 15) is 14.4 Å². The van der Waals surface area contributed by atoms with E-state index in [0.29, 0.717) is 12.8 Å². The van der Waals surface area contributed by atoms with Crippen LogP contribution >= 0.6 is 0 Å². The molecule has 0 aromatic heterocycles. The van der Waals surface area contributed by atoms with Gasteiger partial charge in [0.05, 0.1) is 6.54 Å². The summed E-state index contributed by atoms with van der Waals surface area (Å²) < 4.78 is 4.51. The minimum atomic E-state index is -0.656. The van der Waals surface area contributed by atoms with Crippen molar-refractivity contribution in [2.75, 3.05) is 13.1 Å². The predicted octanol–water partition coefficient (Wildman–Crippen LogP) is 3.61. The fraction of sp³-hybridized carbons (Fsp3) is 0.850. The maximum Gasteiger partial charge on any atom is 0.327 e. The van der Waals surface area contributed by atoms with E-state index in [4.69, 9.17) is 5.73 Å². The van der Waals surface area contributed by atoms with Gasteiger partial charge in [0.1, 0.15) is 0 Å².